The van der Waals surface area contributed by atoms with Crippen LogP contribution in [0.1, 0.15) is 59.3 Å². The van der Waals surface area contributed by atoms with Gasteiger partial charge in [-0.3, -0.25) is 0 Å². The van der Waals surface area contributed by atoms with Crippen LogP contribution in [0.4, 0.5) is 0 Å². The fourth-order valence-electron chi connectivity index (χ4n) is 4.01. The van der Waals surface area contributed by atoms with Crippen LogP contribution in [0.3, 0.4) is 0 Å². The average Bonchev–Trinajstić information content (AvgIpc) is 2.79. The summed E-state index contributed by atoms with van der Waals surface area (Å²) in [7, 11) is 0. The van der Waals surface area contributed by atoms with Gasteiger partial charge in [-0.25, -0.2) is 4.31 Å². The lowest BCUT2D eigenvalue weighted by Gasteiger charge is -2.41. The zero-order valence-corrected chi connectivity index (χ0v) is 20.2. The van der Waals surface area contributed by atoms with E-state index in [4.69, 9.17) is 0 Å². The molecule has 2 heterocycles. The summed E-state index contributed by atoms with van der Waals surface area (Å²) in [5, 5.41) is 0. The van der Waals surface area contributed by atoms with Crippen molar-refractivity contribution in [3.63, 3.8) is 0 Å². The molecule has 2 nitrogen and oxygen atoms in total. The van der Waals surface area contributed by atoms with E-state index in [-0.39, 0.29) is 0 Å². The van der Waals surface area contributed by atoms with Gasteiger partial charge < -0.3 is 4.90 Å². The molecule has 3 rings (SSSR count). The third kappa shape index (κ3) is 9.68. The highest BCUT2D eigenvalue weighted by molar-refractivity contribution is 8.01. The number of hydrogen-bond donors (Lipinski definition) is 0. The van der Waals surface area contributed by atoms with Crippen LogP contribution < -0.4 is 0 Å². The van der Waals surface area contributed by atoms with Crippen LogP contribution in [-0.2, 0) is 0 Å². The van der Waals surface area contributed by atoms with E-state index in [0.29, 0.717) is 0 Å². The Morgan fingerprint density at radius 2 is 1.33 bits per heavy atom. The van der Waals surface area contributed by atoms with Crippen molar-refractivity contribution in [2.45, 2.75) is 65.3 Å². The van der Waals surface area contributed by atoms with Gasteiger partial charge in [-0.1, -0.05) is 81.5 Å². The lowest BCUT2D eigenvalue weighted by Crippen LogP contribution is -2.46. The predicted molar refractivity (Wildman–Crippen MR) is 137 cm³/mol. The van der Waals surface area contributed by atoms with E-state index in [1.54, 1.807) is 0 Å². The summed E-state index contributed by atoms with van der Waals surface area (Å²) in [4.78, 5) is 4.14. The maximum atomic E-state index is 2.77. The molecule has 0 amide bonds. The quantitative estimate of drug-likeness (QED) is 0.437. The van der Waals surface area contributed by atoms with Crippen molar-refractivity contribution in [1.82, 2.24) is 9.21 Å². The van der Waals surface area contributed by atoms with E-state index >= 15 is 0 Å². The maximum absolute atomic E-state index is 2.77. The van der Waals surface area contributed by atoms with Crippen LogP contribution in [0.15, 0.2) is 71.7 Å². The van der Waals surface area contributed by atoms with Crippen molar-refractivity contribution in [1.29, 1.82) is 0 Å². The molecule has 0 radical (unpaired) electrons. The fraction of sp³-hybridized carbons (Fsp3) is 0.556. The van der Waals surface area contributed by atoms with Gasteiger partial charge in [0.2, 0.25) is 0 Å². The van der Waals surface area contributed by atoms with E-state index in [0.717, 1.165) is 24.8 Å². The Morgan fingerprint density at radius 3 is 2.00 bits per heavy atom. The van der Waals surface area contributed by atoms with Crippen molar-refractivity contribution in [3.05, 3.63) is 71.7 Å². The fourth-order valence-corrected chi connectivity index (χ4v) is 5.03. The molecule has 2 saturated heterocycles. The lowest BCUT2D eigenvalue weighted by molar-refractivity contribution is 0.103. The largest absolute Gasteiger partial charge is 0.300 e. The van der Waals surface area contributed by atoms with Crippen LogP contribution in [0.5, 0.6) is 0 Å². The summed E-state index contributed by atoms with van der Waals surface area (Å²) in [5.74, 6) is 0.927. The average molecular weight is 427 g/mol. The Labute approximate surface area is 190 Å². The standard InChI is InChI=1S/C25H36N2S.C2H6/c1-23-15-19-26(20-16-23)24-17-21-27(22-18-24)28-25-13-11-9-7-5-3-2-4-6-8-10-12-14-25;1-2/h2-9,11,13-14,23-24H,10,12,15-22H2,1H3;1-2H3/b4-2-,5-3+,8-6-,9-7+,13-11-,25-14+;. The van der Waals surface area contributed by atoms with Crippen molar-refractivity contribution < 1.29 is 0 Å². The van der Waals surface area contributed by atoms with E-state index in [2.05, 4.69) is 83.0 Å². The molecule has 166 valence electrons. The summed E-state index contributed by atoms with van der Waals surface area (Å²) in [6.45, 7) is 11.4. The Hall–Kier alpha value is -1.29. The minimum Gasteiger partial charge on any atom is -0.300 e. The van der Waals surface area contributed by atoms with Gasteiger partial charge in [0, 0.05) is 24.0 Å². The van der Waals surface area contributed by atoms with Gasteiger partial charge in [0.05, 0.1) is 0 Å². The second-order valence-electron chi connectivity index (χ2n) is 8.10. The minimum absolute atomic E-state index is 0.811. The number of rotatable bonds is 3. The van der Waals surface area contributed by atoms with Gasteiger partial charge >= 0.3 is 0 Å². The normalized spacial score (nSPS) is 30.0. The molecule has 30 heavy (non-hydrogen) atoms. The summed E-state index contributed by atoms with van der Waals surface area (Å²) >= 11 is 1.95. The molecule has 1 aliphatic carbocycles. The van der Waals surface area contributed by atoms with E-state index in [1.165, 1.54) is 56.8 Å². The third-order valence-corrected chi connectivity index (χ3v) is 6.98. The molecule has 0 atom stereocenters. The molecule has 3 heteroatoms. The number of allylic oxidation sites excluding steroid dienone is 11. The molecular formula is C27H42N2S. The molecule has 2 aliphatic heterocycles. The summed E-state index contributed by atoms with van der Waals surface area (Å²) in [6, 6.07) is 0.811. The highest BCUT2D eigenvalue weighted by Gasteiger charge is 2.27. The van der Waals surface area contributed by atoms with Crippen LogP contribution in [-0.4, -0.2) is 41.4 Å². The number of likely N-dealkylation sites (tertiary alicyclic amines) is 1. The molecule has 0 spiro atoms. The first-order valence-corrected chi connectivity index (χ1v) is 12.8. The third-order valence-electron chi connectivity index (χ3n) is 5.85. The first-order chi connectivity index (χ1) is 14.8. The van der Waals surface area contributed by atoms with Crippen molar-refractivity contribution >= 4 is 11.9 Å². The Morgan fingerprint density at radius 1 is 0.733 bits per heavy atom. The zero-order chi connectivity index (χ0) is 21.4. The summed E-state index contributed by atoms with van der Waals surface area (Å²) < 4.78 is 2.57. The Bertz CT molecular complexity index is 625. The number of piperidine rings is 2. The maximum Gasteiger partial charge on any atom is 0.0190 e. The van der Waals surface area contributed by atoms with Crippen molar-refractivity contribution in [2.75, 3.05) is 26.2 Å². The smallest absolute Gasteiger partial charge is 0.0190 e. The molecule has 0 bridgehead atoms. The molecule has 0 N–H and O–H groups in total. The van der Waals surface area contributed by atoms with Crippen molar-refractivity contribution in [3.8, 4) is 0 Å². The first kappa shape index (κ1) is 25.0. The summed E-state index contributed by atoms with van der Waals surface area (Å²) in [6.07, 6.45) is 31.3. The Kier molecular flexibility index (Phi) is 12.9. The topological polar surface area (TPSA) is 6.48 Å². The molecule has 0 saturated carbocycles. The molecular weight excluding hydrogens is 384 g/mol. The number of hydrogen-bond acceptors (Lipinski definition) is 3. The first-order valence-electron chi connectivity index (χ1n) is 12.0. The van der Waals surface area contributed by atoms with Gasteiger partial charge in [0.25, 0.3) is 0 Å². The van der Waals surface area contributed by atoms with E-state index in [1.807, 2.05) is 25.8 Å². The zero-order valence-electron chi connectivity index (χ0n) is 19.4. The van der Waals surface area contributed by atoms with Crippen LogP contribution in [0.25, 0.3) is 0 Å². The van der Waals surface area contributed by atoms with Crippen molar-refractivity contribution in [2.24, 2.45) is 5.92 Å². The monoisotopic (exact) mass is 426 g/mol. The highest BCUT2D eigenvalue weighted by atomic mass is 32.2. The second kappa shape index (κ2) is 15.5. The number of nitrogens with zero attached hydrogens (tertiary/aromatic N) is 2. The molecule has 3 aliphatic rings. The highest BCUT2D eigenvalue weighted by Crippen LogP contribution is 2.30. The van der Waals surface area contributed by atoms with Crippen LogP contribution in [0.2, 0.25) is 0 Å². The molecule has 0 aromatic rings. The molecule has 2 fully saturated rings. The van der Waals surface area contributed by atoms with Gasteiger partial charge in [0.15, 0.2) is 0 Å². The van der Waals surface area contributed by atoms with Crippen LogP contribution in [0, 0.1) is 5.92 Å². The minimum atomic E-state index is 0.811. The lowest BCUT2D eigenvalue weighted by atomic mass is 9.95. The Balaban J connectivity index is 0.00000155. The predicted octanol–water partition coefficient (Wildman–Crippen LogP) is 7.32. The van der Waals surface area contributed by atoms with Gasteiger partial charge in [-0.05, 0) is 75.6 Å². The SMILES string of the molecule is CC.CC1CCN(C2CCN(SC3=C\CC\C=C/C=C\C=C\C=C\C=C/3)CC2)CC1. The molecule has 0 aromatic heterocycles. The second-order valence-corrected chi connectivity index (χ2v) is 9.27. The van der Waals surface area contributed by atoms with Gasteiger partial charge in [-0.2, -0.15) is 0 Å². The molecule has 0 unspecified atom stereocenters. The van der Waals surface area contributed by atoms with E-state index in [9.17, 15) is 0 Å². The van der Waals surface area contributed by atoms with E-state index < -0.39 is 0 Å². The van der Waals surface area contributed by atoms with Gasteiger partial charge in [0.1, 0.15) is 0 Å². The summed E-state index contributed by atoms with van der Waals surface area (Å²) in [5.41, 5.74) is 0. The molecule has 0 aromatic carbocycles. The van der Waals surface area contributed by atoms with Crippen LogP contribution >= 0.6 is 11.9 Å². The van der Waals surface area contributed by atoms with Gasteiger partial charge in [-0.15, -0.1) is 0 Å².